The van der Waals surface area contributed by atoms with Gasteiger partial charge in [-0.05, 0) is 62.2 Å². The lowest BCUT2D eigenvalue weighted by Gasteiger charge is -2.63. The standard InChI is InChI=1S/C23H33FO4/c1-5-23(27)11-7-15-19-14(6-10-22(15,23)4)21(3)9-8-17(26)20(24)16(21)12-18(19)28-13(2)25/h1,14-20,26-27H,6-12H2,2-4H3/t14-,15+,16?,17?,18?,19-,20?,21-,22+,23?/m1/s1. The molecule has 4 aliphatic carbocycles. The van der Waals surface area contributed by atoms with Crippen LogP contribution in [-0.4, -0.2) is 40.2 Å². The summed E-state index contributed by atoms with van der Waals surface area (Å²) in [6, 6.07) is 0. The Hall–Kier alpha value is -1.12. The average molecular weight is 393 g/mol. The molecule has 0 aromatic rings. The molecular weight excluding hydrogens is 359 g/mol. The first-order chi connectivity index (χ1) is 13.1. The number of terminal acetylenes is 1. The summed E-state index contributed by atoms with van der Waals surface area (Å²) in [7, 11) is 0. The fourth-order valence-electron chi connectivity index (χ4n) is 7.78. The summed E-state index contributed by atoms with van der Waals surface area (Å²) >= 11 is 0. The minimum atomic E-state index is -1.28. The van der Waals surface area contributed by atoms with Crippen LogP contribution in [0.3, 0.4) is 0 Å². The summed E-state index contributed by atoms with van der Waals surface area (Å²) in [5, 5.41) is 21.3. The topological polar surface area (TPSA) is 66.8 Å². The molecule has 0 radical (unpaired) electrons. The second-order valence-electron chi connectivity index (χ2n) is 10.3. The zero-order chi connectivity index (χ0) is 20.5. The average Bonchev–Trinajstić information content (AvgIpc) is 2.91. The summed E-state index contributed by atoms with van der Waals surface area (Å²) in [6.45, 7) is 5.66. The van der Waals surface area contributed by atoms with Crippen LogP contribution in [0.15, 0.2) is 0 Å². The number of carbonyl (C=O) groups excluding carboxylic acids is 1. The van der Waals surface area contributed by atoms with Gasteiger partial charge in [0.2, 0.25) is 0 Å². The number of fused-ring (bicyclic) bond motifs is 5. The molecular formula is C23H33FO4. The molecule has 0 bridgehead atoms. The van der Waals surface area contributed by atoms with Crippen LogP contribution in [0.4, 0.5) is 4.39 Å². The Balaban J connectivity index is 1.75. The second-order valence-corrected chi connectivity index (χ2v) is 10.3. The predicted octanol–water partition coefficient (Wildman–Crippen LogP) is 3.24. The van der Waals surface area contributed by atoms with Crippen LogP contribution in [0.1, 0.15) is 65.7 Å². The summed E-state index contributed by atoms with van der Waals surface area (Å²) in [6.07, 6.45) is 7.87. The lowest BCUT2D eigenvalue weighted by molar-refractivity contribution is -0.211. The van der Waals surface area contributed by atoms with Gasteiger partial charge in [-0.2, -0.15) is 0 Å². The van der Waals surface area contributed by atoms with Gasteiger partial charge in [0.1, 0.15) is 17.9 Å². The van der Waals surface area contributed by atoms with Gasteiger partial charge in [-0.1, -0.05) is 19.8 Å². The molecule has 4 fully saturated rings. The largest absolute Gasteiger partial charge is 0.462 e. The fraction of sp³-hybridized carbons (Fsp3) is 0.870. The van der Waals surface area contributed by atoms with E-state index in [1.807, 2.05) is 0 Å². The molecule has 0 aromatic heterocycles. The quantitative estimate of drug-likeness (QED) is 0.531. The molecule has 5 heteroatoms. The highest BCUT2D eigenvalue weighted by Crippen LogP contribution is 2.68. The molecule has 0 heterocycles. The van der Waals surface area contributed by atoms with Crippen molar-refractivity contribution in [3.8, 4) is 12.3 Å². The molecule has 4 aliphatic rings. The first-order valence-electron chi connectivity index (χ1n) is 10.8. The van der Waals surface area contributed by atoms with Gasteiger partial charge in [0.25, 0.3) is 0 Å². The molecule has 0 spiro atoms. The zero-order valence-electron chi connectivity index (χ0n) is 17.2. The number of aliphatic hydroxyl groups excluding tert-OH is 1. The van der Waals surface area contributed by atoms with E-state index in [0.717, 1.165) is 25.7 Å². The van der Waals surface area contributed by atoms with E-state index < -0.39 is 23.3 Å². The molecule has 4 nitrogen and oxygen atoms in total. The predicted molar refractivity (Wildman–Crippen MR) is 103 cm³/mol. The van der Waals surface area contributed by atoms with E-state index in [9.17, 15) is 15.0 Å². The highest BCUT2D eigenvalue weighted by atomic mass is 19.1. The summed E-state index contributed by atoms with van der Waals surface area (Å²) < 4.78 is 20.9. The first-order valence-corrected chi connectivity index (χ1v) is 10.8. The molecule has 156 valence electrons. The van der Waals surface area contributed by atoms with Crippen LogP contribution in [0.2, 0.25) is 0 Å². The maximum Gasteiger partial charge on any atom is 0.302 e. The summed E-state index contributed by atoms with van der Waals surface area (Å²) in [5.41, 5.74) is -1.77. The SMILES string of the molecule is C#CC1(O)CC[C@H]2[C@@H]3C(OC(C)=O)CC4C(F)C(O)CC[C@]4(C)[C@@H]3CC[C@@]21C. The van der Waals surface area contributed by atoms with Crippen LogP contribution in [-0.2, 0) is 9.53 Å². The van der Waals surface area contributed by atoms with E-state index in [2.05, 4.69) is 19.8 Å². The smallest absolute Gasteiger partial charge is 0.302 e. The van der Waals surface area contributed by atoms with Gasteiger partial charge in [0.05, 0.1) is 6.10 Å². The monoisotopic (exact) mass is 392 g/mol. The van der Waals surface area contributed by atoms with Crippen LogP contribution in [0.25, 0.3) is 0 Å². The lowest BCUT2D eigenvalue weighted by Crippen LogP contribution is -2.63. The number of carbonyl (C=O) groups is 1. The minimum absolute atomic E-state index is 0.0775. The molecule has 10 atom stereocenters. The van der Waals surface area contributed by atoms with Crippen molar-refractivity contribution < 1.29 is 24.1 Å². The van der Waals surface area contributed by atoms with Crippen molar-refractivity contribution in [3.05, 3.63) is 0 Å². The van der Waals surface area contributed by atoms with Crippen molar-refractivity contribution in [2.24, 2.45) is 34.5 Å². The lowest BCUT2D eigenvalue weighted by atomic mass is 9.43. The highest BCUT2D eigenvalue weighted by molar-refractivity contribution is 5.66. The Morgan fingerprint density at radius 3 is 2.46 bits per heavy atom. The maximum atomic E-state index is 15.1. The Morgan fingerprint density at radius 2 is 1.82 bits per heavy atom. The van der Waals surface area contributed by atoms with Crippen LogP contribution < -0.4 is 0 Å². The Bertz CT molecular complexity index is 703. The van der Waals surface area contributed by atoms with Gasteiger partial charge >= 0.3 is 5.97 Å². The third-order valence-corrected chi connectivity index (χ3v) is 9.38. The van der Waals surface area contributed by atoms with Crippen molar-refractivity contribution in [3.63, 3.8) is 0 Å². The fourth-order valence-corrected chi connectivity index (χ4v) is 7.78. The van der Waals surface area contributed by atoms with Crippen molar-refractivity contribution >= 4 is 5.97 Å². The van der Waals surface area contributed by atoms with Gasteiger partial charge in [0, 0.05) is 24.2 Å². The van der Waals surface area contributed by atoms with Gasteiger partial charge in [-0.25, -0.2) is 4.39 Å². The molecule has 0 aliphatic heterocycles. The van der Waals surface area contributed by atoms with Gasteiger partial charge < -0.3 is 14.9 Å². The van der Waals surface area contributed by atoms with E-state index in [-0.39, 0.29) is 41.2 Å². The third kappa shape index (κ3) is 2.53. The van der Waals surface area contributed by atoms with Gasteiger partial charge in [0.15, 0.2) is 0 Å². The second kappa shape index (κ2) is 6.44. The van der Waals surface area contributed by atoms with E-state index in [0.29, 0.717) is 19.3 Å². The first kappa shape index (κ1) is 20.2. The van der Waals surface area contributed by atoms with Crippen molar-refractivity contribution in [1.29, 1.82) is 0 Å². The maximum absolute atomic E-state index is 15.1. The summed E-state index contributed by atoms with van der Waals surface area (Å²) in [4.78, 5) is 11.9. The normalized spacial score (nSPS) is 55.4. The summed E-state index contributed by atoms with van der Waals surface area (Å²) in [5.74, 6) is 2.45. The number of halogens is 1. The third-order valence-electron chi connectivity index (χ3n) is 9.38. The number of alkyl halides is 1. The van der Waals surface area contributed by atoms with E-state index in [1.165, 1.54) is 6.92 Å². The molecule has 0 aromatic carbocycles. The van der Waals surface area contributed by atoms with E-state index >= 15 is 4.39 Å². The minimum Gasteiger partial charge on any atom is -0.462 e. The molecule has 4 saturated carbocycles. The van der Waals surface area contributed by atoms with Crippen LogP contribution in [0, 0.1) is 46.8 Å². The van der Waals surface area contributed by atoms with Crippen molar-refractivity contribution in [2.45, 2.75) is 89.7 Å². The molecule has 5 unspecified atom stereocenters. The number of rotatable bonds is 1. The van der Waals surface area contributed by atoms with E-state index in [4.69, 9.17) is 11.2 Å². The Labute approximate surface area is 167 Å². The molecule has 0 saturated heterocycles. The molecule has 0 amide bonds. The van der Waals surface area contributed by atoms with E-state index in [1.54, 1.807) is 0 Å². The zero-order valence-corrected chi connectivity index (χ0v) is 17.2. The van der Waals surface area contributed by atoms with Crippen LogP contribution in [0.5, 0.6) is 0 Å². The van der Waals surface area contributed by atoms with Crippen LogP contribution >= 0.6 is 0 Å². The number of aliphatic hydroxyl groups is 2. The molecule has 4 rings (SSSR count). The number of hydrogen-bond acceptors (Lipinski definition) is 4. The highest BCUT2D eigenvalue weighted by Gasteiger charge is 2.67. The van der Waals surface area contributed by atoms with Gasteiger partial charge in [-0.15, -0.1) is 6.42 Å². The number of hydrogen-bond donors (Lipinski definition) is 2. The number of ether oxygens (including phenoxy) is 1. The van der Waals surface area contributed by atoms with Gasteiger partial charge in [-0.3, -0.25) is 4.79 Å². The van der Waals surface area contributed by atoms with Crippen molar-refractivity contribution in [2.75, 3.05) is 0 Å². The Morgan fingerprint density at radius 1 is 1.14 bits per heavy atom. The molecule has 28 heavy (non-hydrogen) atoms. The number of esters is 1. The molecule has 2 N–H and O–H groups in total. The Kier molecular flexibility index (Phi) is 4.64. The van der Waals surface area contributed by atoms with Crippen molar-refractivity contribution in [1.82, 2.24) is 0 Å².